The van der Waals surface area contributed by atoms with E-state index in [4.69, 9.17) is 14.2 Å². The molecule has 1 saturated heterocycles. The Morgan fingerprint density at radius 2 is 1.95 bits per heavy atom. The van der Waals surface area contributed by atoms with Crippen molar-refractivity contribution in [2.75, 3.05) is 12.4 Å². The lowest BCUT2D eigenvalue weighted by Gasteiger charge is -2.42. The number of hydrogen-bond acceptors (Lipinski definition) is 7. The fraction of sp³-hybridized carbons (Fsp3) is 0.846. The monoisotopic (exact) mass is 306 g/mol. The van der Waals surface area contributed by atoms with E-state index in [1.54, 1.807) is 11.8 Å². The molecule has 0 aromatic heterocycles. The van der Waals surface area contributed by atoms with Crippen LogP contribution in [0.4, 0.5) is 0 Å². The zero-order valence-corrected chi connectivity index (χ0v) is 13.0. The van der Waals surface area contributed by atoms with Crippen LogP contribution in [0.1, 0.15) is 27.7 Å². The standard InChI is InChI=1S/C13H22O6S/c1-5-20-13-7(2)12(18-9(4)15)11(16)10(19-13)6-17-8(3)14/h7,10-13,16H,5-6H2,1-4H3/t7?,10?,11?,12-,13+/m1/s1. The molecule has 20 heavy (non-hydrogen) atoms. The molecule has 3 unspecified atom stereocenters. The summed E-state index contributed by atoms with van der Waals surface area (Å²) in [4.78, 5) is 22.0. The normalized spacial score (nSPS) is 33.5. The Bertz CT molecular complexity index is 348. The number of aliphatic hydroxyl groups is 1. The van der Waals surface area contributed by atoms with Crippen LogP contribution in [0.2, 0.25) is 0 Å². The molecule has 1 aliphatic heterocycles. The number of thioether (sulfide) groups is 1. The molecule has 116 valence electrons. The quantitative estimate of drug-likeness (QED) is 0.757. The van der Waals surface area contributed by atoms with Crippen LogP contribution in [-0.2, 0) is 23.8 Å². The Labute approximate surface area is 123 Å². The van der Waals surface area contributed by atoms with Gasteiger partial charge in [0.05, 0.1) is 0 Å². The van der Waals surface area contributed by atoms with Gasteiger partial charge < -0.3 is 19.3 Å². The van der Waals surface area contributed by atoms with Gasteiger partial charge in [-0.15, -0.1) is 11.8 Å². The van der Waals surface area contributed by atoms with Gasteiger partial charge in [-0.2, -0.15) is 0 Å². The highest BCUT2D eigenvalue weighted by Crippen LogP contribution is 2.34. The lowest BCUT2D eigenvalue weighted by Crippen LogP contribution is -2.55. The van der Waals surface area contributed by atoms with Gasteiger partial charge in [-0.3, -0.25) is 9.59 Å². The van der Waals surface area contributed by atoms with Crippen LogP contribution in [0, 0.1) is 5.92 Å². The first-order valence-electron chi connectivity index (χ1n) is 6.62. The Morgan fingerprint density at radius 1 is 1.30 bits per heavy atom. The molecule has 7 heteroatoms. The average Bonchev–Trinajstić information content (AvgIpc) is 2.36. The van der Waals surface area contributed by atoms with Gasteiger partial charge in [0, 0.05) is 19.8 Å². The molecule has 0 aliphatic carbocycles. The minimum absolute atomic E-state index is 0.0538. The van der Waals surface area contributed by atoms with Crippen LogP contribution < -0.4 is 0 Å². The molecule has 5 atom stereocenters. The minimum atomic E-state index is -1.01. The number of aliphatic hydroxyl groups excluding tert-OH is 1. The van der Waals surface area contributed by atoms with Gasteiger partial charge in [0.15, 0.2) is 0 Å². The maximum atomic E-state index is 11.2. The largest absolute Gasteiger partial charge is 0.463 e. The summed E-state index contributed by atoms with van der Waals surface area (Å²) in [6.07, 6.45) is -2.36. The van der Waals surface area contributed by atoms with Crippen LogP contribution in [-0.4, -0.2) is 53.2 Å². The van der Waals surface area contributed by atoms with Crippen molar-refractivity contribution in [2.45, 2.75) is 51.4 Å². The van der Waals surface area contributed by atoms with Gasteiger partial charge >= 0.3 is 11.9 Å². The van der Waals surface area contributed by atoms with Crippen LogP contribution in [0.25, 0.3) is 0 Å². The van der Waals surface area contributed by atoms with Crippen molar-refractivity contribution in [3.05, 3.63) is 0 Å². The van der Waals surface area contributed by atoms with Gasteiger partial charge in [0.2, 0.25) is 0 Å². The second-order valence-corrected chi connectivity index (χ2v) is 6.10. The third-order valence-electron chi connectivity index (χ3n) is 3.06. The Kier molecular flexibility index (Phi) is 6.78. The van der Waals surface area contributed by atoms with Crippen molar-refractivity contribution in [2.24, 2.45) is 5.92 Å². The van der Waals surface area contributed by atoms with Crippen molar-refractivity contribution in [1.82, 2.24) is 0 Å². The lowest BCUT2D eigenvalue weighted by atomic mass is 9.93. The molecule has 0 aromatic rings. The molecule has 0 saturated carbocycles. The van der Waals surface area contributed by atoms with E-state index < -0.39 is 30.3 Å². The number of carbonyl (C=O) groups excluding carboxylic acids is 2. The van der Waals surface area contributed by atoms with Gasteiger partial charge in [0.1, 0.15) is 30.4 Å². The first kappa shape index (κ1) is 17.3. The highest BCUT2D eigenvalue weighted by atomic mass is 32.2. The third kappa shape index (κ3) is 4.64. The SMILES string of the molecule is CCS[C@@H]1OC(COC(C)=O)C(O)[C@H](OC(C)=O)C1C. The summed E-state index contributed by atoms with van der Waals surface area (Å²) in [7, 11) is 0. The van der Waals surface area contributed by atoms with E-state index in [-0.39, 0.29) is 18.0 Å². The zero-order chi connectivity index (χ0) is 15.3. The fourth-order valence-electron chi connectivity index (χ4n) is 2.12. The first-order chi connectivity index (χ1) is 9.36. The van der Waals surface area contributed by atoms with E-state index in [0.29, 0.717) is 0 Å². The molecule has 0 spiro atoms. The topological polar surface area (TPSA) is 82.1 Å². The van der Waals surface area contributed by atoms with Crippen molar-refractivity contribution in [3.63, 3.8) is 0 Å². The summed E-state index contributed by atoms with van der Waals surface area (Å²) in [5, 5.41) is 10.2. The van der Waals surface area contributed by atoms with Gasteiger partial charge in [-0.1, -0.05) is 13.8 Å². The van der Waals surface area contributed by atoms with E-state index in [9.17, 15) is 14.7 Å². The summed E-state index contributed by atoms with van der Waals surface area (Å²) in [6.45, 7) is 6.40. The summed E-state index contributed by atoms with van der Waals surface area (Å²) < 4.78 is 15.9. The van der Waals surface area contributed by atoms with Crippen molar-refractivity contribution in [3.8, 4) is 0 Å². The molecule has 1 fully saturated rings. The summed E-state index contributed by atoms with van der Waals surface area (Å²) in [5.41, 5.74) is -0.215. The zero-order valence-electron chi connectivity index (χ0n) is 12.2. The molecular weight excluding hydrogens is 284 g/mol. The predicted molar refractivity (Wildman–Crippen MR) is 74.2 cm³/mol. The number of rotatable bonds is 5. The Morgan fingerprint density at radius 3 is 2.45 bits per heavy atom. The molecule has 6 nitrogen and oxygen atoms in total. The summed E-state index contributed by atoms with van der Waals surface area (Å²) in [5.74, 6) is -0.206. The second kappa shape index (κ2) is 7.85. The van der Waals surface area contributed by atoms with E-state index in [1.807, 2.05) is 13.8 Å². The van der Waals surface area contributed by atoms with Gasteiger partial charge in [0.25, 0.3) is 0 Å². The number of ether oxygens (including phenoxy) is 3. The number of carbonyl (C=O) groups is 2. The van der Waals surface area contributed by atoms with E-state index >= 15 is 0 Å². The van der Waals surface area contributed by atoms with Crippen LogP contribution in [0.3, 0.4) is 0 Å². The minimum Gasteiger partial charge on any atom is -0.463 e. The van der Waals surface area contributed by atoms with Gasteiger partial charge in [-0.05, 0) is 5.75 Å². The van der Waals surface area contributed by atoms with Gasteiger partial charge in [-0.25, -0.2) is 0 Å². The fourth-order valence-corrected chi connectivity index (χ4v) is 3.12. The van der Waals surface area contributed by atoms with Crippen LogP contribution in [0.15, 0.2) is 0 Å². The van der Waals surface area contributed by atoms with E-state index in [1.165, 1.54) is 13.8 Å². The third-order valence-corrected chi connectivity index (χ3v) is 4.26. The molecule has 1 N–H and O–H groups in total. The highest BCUT2D eigenvalue weighted by molar-refractivity contribution is 7.99. The van der Waals surface area contributed by atoms with E-state index in [0.717, 1.165) is 5.75 Å². The second-order valence-electron chi connectivity index (χ2n) is 4.72. The average molecular weight is 306 g/mol. The number of esters is 2. The summed E-state index contributed by atoms with van der Waals surface area (Å²) in [6, 6.07) is 0. The molecule has 1 rings (SSSR count). The smallest absolute Gasteiger partial charge is 0.303 e. The maximum Gasteiger partial charge on any atom is 0.303 e. The predicted octanol–water partition coefficient (Wildman–Crippen LogP) is 0.956. The first-order valence-corrected chi connectivity index (χ1v) is 7.67. The maximum absolute atomic E-state index is 11.2. The Hall–Kier alpha value is -0.790. The van der Waals surface area contributed by atoms with Crippen molar-refractivity contribution in [1.29, 1.82) is 0 Å². The van der Waals surface area contributed by atoms with Crippen molar-refractivity contribution >= 4 is 23.7 Å². The molecule has 1 aliphatic rings. The van der Waals surface area contributed by atoms with E-state index in [2.05, 4.69) is 0 Å². The summed E-state index contributed by atoms with van der Waals surface area (Å²) >= 11 is 1.57. The lowest BCUT2D eigenvalue weighted by molar-refractivity contribution is -0.205. The molecule has 0 amide bonds. The molecule has 0 bridgehead atoms. The van der Waals surface area contributed by atoms with Crippen LogP contribution >= 0.6 is 11.8 Å². The van der Waals surface area contributed by atoms with Crippen LogP contribution in [0.5, 0.6) is 0 Å². The molecule has 1 heterocycles. The molecule has 0 radical (unpaired) electrons. The number of hydrogen-bond donors (Lipinski definition) is 1. The molecule has 0 aromatic carbocycles. The van der Waals surface area contributed by atoms with Crippen molar-refractivity contribution < 1.29 is 28.9 Å². The Balaban J connectivity index is 2.79. The highest BCUT2D eigenvalue weighted by Gasteiger charge is 2.45. The molecular formula is C13H22O6S.